The molecule has 1 aromatic heterocycles. The largest absolute Gasteiger partial charge is 0.280 e. The zero-order chi connectivity index (χ0) is 17.4. The first-order valence-electron chi connectivity index (χ1n) is 8.18. The zero-order valence-corrected chi connectivity index (χ0v) is 13.4. The van der Waals surface area contributed by atoms with Gasteiger partial charge in [-0.05, 0) is 30.5 Å². The number of nitrogens with zero attached hydrogens (tertiary/aromatic N) is 2. The van der Waals surface area contributed by atoms with E-state index in [2.05, 4.69) is 10.4 Å². The average Bonchev–Trinajstić information content (AvgIpc) is 3.44. The van der Waals surface area contributed by atoms with E-state index in [1.807, 2.05) is 30.3 Å². The number of fused-ring (bicyclic) bond motifs is 1. The third-order valence-electron chi connectivity index (χ3n) is 4.26. The Labute approximate surface area is 143 Å². The van der Waals surface area contributed by atoms with Gasteiger partial charge in [0.25, 0.3) is 5.56 Å². The van der Waals surface area contributed by atoms with Crippen molar-refractivity contribution < 1.29 is 9.18 Å². The van der Waals surface area contributed by atoms with E-state index in [4.69, 9.17) is 0 Å². The van der Waals surface area contributed by atoms with Crippen molar-refractivity contribution in [3.63, 3.8) is 0 Å². The molecule has 0 radical (unpaired) electrons. The Bertz CT molecular complexity index is 1010. The van der Waals surface area contributed by atoms with Crippen LogP contribution in [0, 0.1) is 5.82 Å². The van der Waals surface area contributed by atoms with Gasteiger partial charge in [0, 0.05) is 5.92 Å². The van der Waals surface area contributed by atoms with Gasteiger partial charge < -0.3 is 0 Å². The van der Waals surface area contributed by atoms with E-state index in [-0.39, 0.29) is 29.1 Å². The molecule has 3 aromatic rings. The quantitative estimate of drug-likeness (QED) is 0.796. The minimum Gasteiger partial charge on any atom is -0.273 e. The first kappa shape index (κ1) is 15.5. The van der Waals surface area contributed by atoms with E-state index in [0.29, 0.717) is 5.82 Å². The lowest BCUT2D eigenvalue weighted by Gasteiger charge is -2.14. The molecule has 126 valence electrons. The Hall–Kier alpha value is -3.02. The Morgan fingerprint density at radius 1 is 1.16 bits per heavy atom. The van der Waals surface area contributed by atoms with Crippen molar-refractivity contribution in [2.75, 3.05) is 5.43 Å². The smallest absolute Gasteiger partial charge is 0.273 e. The van der Waals surface area contributed by atoms with Crippen molar-refractivity contribution in [1.29, 1.82) is 0 Å². The number of benzene rings is 2. The zero-order valence-electron chi connectivity index (χ0n) is 13.4. The van der Waals surface area contributed by atoms with Gasteiger partial charge in [-0.3, -0.25) is 15.0 Å². The number of rotatable bonds is 4. The van der Waals surface area contributed by atoms with Gasteiger partial charge in [0.1, 0.15) is 17.2 Å². The van der Waals surface area contributed by atoms with Gasteiger partial charge in [-0.25, -0.2) is 14.1 Å². The van der Waals surface area contributed by atoms with E-state index in [9.17, 15) is 14.0 Å². The van der Waals surface area contributed by atoms with Crippen LogP contribution in [0.2, 0.25) is 0 Å². The summed E-state index contributed by atoms with van der Waals surface area (Å²) in [5, 5.41) is 0.157. The standard InChI is InChI=1S/C19H16FN3O2/c20-15-8-4-7-14-17(15)21-18(13-9-10-13)23(19(14)25)22-16(24)11-12-5-2-1-3-6-12/h1-8,13H,9-11H2,(H,22,24). The van der Waals surface area contributed by atoms with Crippen LogP contribution in [-0.2, 0) is 11.2 Å². The monoisotopic (exact) mass is 337 g/mol. The number of carbonyl (C=O) groups is 1. The van der Waals surface area contributed by atoms with Crippen LogP contribution >= 0.6 is 0 Å². The maximum atomic E-state index is 14.0. The van der Waals surface area contributed by atoms with E-state index in [1.54, 1.807) is 0 Å². The van der Waals surface area contributed by atoms with Crippen LogP contribution in [0.15, 0.2) is 53.3 Å². The lowest BCUT2D eigenvalue weighted by Crippen LogP contribution is -2.37. The van der Waals surface area contributed by atoms with Gasteiger partial charge in [0.2, 0.25) is 5.91 Å². The Morgan fingerprint density at radius 2 is 1.92 bits per heavy atom. The summed E-state index contributed by atoms with van der Waals surface area (Å²) in [5.74, 6) is -0.343. The number of amides is 1. The van der Waals surface area contributed by atoms with Gasteiger partial charge in [0.05, 0.1) is 11.8 Å². The molecule has 1 aliphatic carbocycles. The van der Waals surface area contributed by atoms with Crippen LogP contribution in [0.3, 0.4) is 0 Å². The molecular weight excluding hydrogens is 321 g/mol. The molecule has 1 N–H and O–H groups in total. The topological polar surface area (TPSA) is 64.0 Å². The fourth-order valence-corrected chi connectivity index (χ4v) is 2.86. The summed E-state index contributed by atoms with van der Waals surface area (Å²) < 4.78 is 15.2. The van der Waals surface area contributed by atoms with Crippen LogP contribution in [0.25, 0.3) is 10.9 Å². The highest BCUT2D eigenvalue weighted by molar-refractivity contribution is 5.86. The molecule has 5 nitrogen and oxygen atoms in total. The second-order valence-electron chi connectivity index (χ2n) is 6.22. The molecule has 6 heteroatoms. The number of para-hydroxylation sites is 1. The summed E-state index contributed by atoms with van der Waals surface area (Å²) in [7, 11) is 0. The van der Waals surface area contributed by atoms with Gasteiger partial charge >= 0.3 is 0 Å². The normalized spacial score (nSPS) is 13.8. The number of aromatic nitrogens is 2. The Morgan fingerprint density at radius 3 is 2.64 bits per heavy atom. The van der Waals surface area contributed by atoms with Crippen LogP contribution in [0.1, 0.15) is 30.1 Å². The lowest BCUT2D eigenvalue weighted by atomic mass is 10.1. The summed E-state index contributed by atoms with van der Waals surface area (Å²) in [6, 6.07) is 13.5. The maximum absolute atomic E-state index is 14.0. The Balaban J connectivity index is 1.73. The van der Waals surface area contributed by atoms with Gasteiger partial charge in [-0.1, -0.05) is 36.4 Å². The van der Waals surface area contributed by atoms with Crippen molar-refractivity contribution in [2.24, 2.45) is 0 Å². The molecule has 0 aliphatic heterocycles. The molecule has 4 rings (SSSR count). The van der Waals surface area contributed by atoms with Crippen LogP contribution < -0.4 is 11.0 Å². The molecule has 1 heterocycles. The molecule has 0 spiro atoms. The molecule has 0 atom stereocenters. The predicted octanol–water partition coefficient (Wildman–Crippen LogP) is 2.73. The van der Waals surface area contributed by atoms with Crippen molar-refractivity contribution >= 4 is 16.8 Å². The summed E-state index contributed by atoms with van der Waals surface area (Å²) >= 11 is 0. The molecule has 1 fully saturated rings. The number of halogens is 1. The fourth-order valence-electron chi connectivity index (χ4n) is 2.86. The highest BCUT2D eigenvalue weighted by Gasteiger charge is 2.30. The van der Waals surface area contributed by atoms with Crippen LogP contribution in [0.4, 0.5) is 4.39 Å². The average molecular weight is 337 g/mol. The summed E-state index contributed by atoms with van der Waals surface area (Å²) in [5.41, 5.74) is 3.10. The van der Waals surface area contributed by atoms with Crippen LogP contribution in [-0.4, -0.2) is 15.6 Å². The second-order valence-corrected chi connectivity index (χ2v) is 6.22. The van der Waals surface area contributed by atoms with E-state index in [1.165, 1.54) is 22.9 Å². The highest BCUT2D eigenvalue weighted by Crippen LogP contribution is 2.38. The van der Waals surface area contributed by atoms with E-state index in [0.717, 1.165) is 18.4 Å². The minimum atomic E-state index is -0.528. The minimum absolute atomic E-state index is 0.0583. The molecule has 1 saturated carbocycles. The van der Waals surface area contributed by atoms with Crippen molar-refractivity contribution in [3.8, 4) is 0 Å². The number of nitrogens with one attached hydrogen (secondary N) is 1. The third kappa shape index (κ3) is 3.03. The molecule has 1 aliphatic rings. The molecule has 0 bridgehead atoms. The van der Waals surface area contributed by atoms with Crippen molar-refractivity contribution in [1.82, 2.24) is 9.66 Å². The maximum Gasteiger partial charge on any atom is 0.280 e. The molecule has 0 saturated heterocycles. The third-order valence-corrected chi connectivity index (χ3v) is 4.26. The number of hydrogen-bond acceptors (Lipinski definition) is 3. The van der Waals surface area contributed by atoms with E-state index >= 15 is 0 Å². The van der Waals surface area contributed by atoms with Gasteiger partial charge in [-0.2, -0.15) is 0 Å². The van der Waals surface area contributed by atoms with Crippen molar-refractivity contribution in [3.05, 3.63) is 76.1 Å². The number of hydrogen-bond donors (Lipinski definition) is 1. The van der Waals surface area contributed by atoms with E-state index < -0.39 is 11.4 Å². The number of carbonyl (C=O) groups excluding carboxylic acids is 1. The Kier molecular flexibility index (Phi) is 3.80. The molecule has 1 amide bonds. The molecular formula is C19H16FN3O2. The molecule has 0 unspecified atom stereocenters. The first-order chi connectivity index (χ1) is 12.1. The second kappa shape index (κ2) is 6.12. The highest BCUT2D eigenvalue weighted by atomic mass is 19.1. The predicted molar refractivity (Wildman–Crippen MR) is 92.4 cm³/mol. The lowest BCUT2D eigenvalue weighted by molar-refractivity contribution is -0.116. The summed E-state index contributed by atoms with van der Waals surface area (Å²) in [6.45, 7) is 0. The van der Waals surface area contributed by atoms with Gasteiger partial charge in [-0.15, -0.1) is 0 Å². The molecule has 2 aromatic carbocycles. The van der Waals surface area contributed by atoms with Crippen molar-refractivity contribution in [2.45, 2.75) is 25.2 Å². The summed E-state index contributed by atoms with van der Waals surface area (Å²) in [4.78, 5) is 29.5. The van der Waals surface area contributed by atoms with Crippen LogP contribution in [0.5, 0.6) is 0 Å². The fraction of sp³-hybridized carbons (Fsp3) is 0.211. The van der Waals surface area contributed by atoms with Gasteiger partial charge in [0.15, 0.2) is 0 Å². The molecule has 25 heavy (non-hydrogen) atoms. The SMILES string of the molecule is O=C(Cc1ccccc1)Nn1c(C2CC2)nc2c(F)cccc2c1=O. The first-order valence-corrected chi connectivity index (χ1v) is 8.18. The summed E-state index contributed by atoms with van der Waals surface area (Å²) in [6.07, 6.45) is 1.90.